The molecule has 2 aromatic carbocycles. The van der Waals surface area contributed by atoms with E-state index >= 15 is 0 Å². The van der Waals surface area contributed by atoms with Gasteiger partial charge in [-0.1, -0.05) is 12.1 Å². The molecule has 0 bridgehead atoms. The molecular weight excluding hydrogens is 429 g/mol. The number of carbonyl (C=O) groups is 1. The Balaban J connectivity index is 1.32. The summed E-state index contributed by atoms with van der Waals surface area (Å²) in [5.41, 5.74) is 5.33. The van der Waals surface area contributed by atoms with Crippen LogP contribution in [0.4, 0.5) is 4.39 Å². The van der Waals surface area contributed by atoms with Crippen molar-refractivity contribution in [2.24, 2.45) is 0 Å². The Bertz CT molecular complexity index is 1210. The zero-order valence-electron chi connectivity index (χ0n) is 19.2. The van der Waals surface area contributed by atoms with E-state index in [1.54, 1.807) is 12.1 Å². The Morgan fingerprint density at radius 3 is 2.47 bits per heavy atom. The summed E-state index contributed by atoms with van der Waals surface area (Å²) in [6.45, 7) is 3.90. The lowest BCUT2D eigenvalue weighted by Gasteiger charge is -2.22. The number of rotatable bonds is 4. The fourth-order valence-electron chi connectivity index (χ4n) is 4.99. The highest BCUT2D eigenvalue weighted by atomic mass is 19.1. The quantitative estimate of drug-likeness (QED) is 0.592. The standard InChI is InChI=1S/C27H28FN5O/c28-22-10-12-23(13-11-22)33-25-5-2-1-4-24(25)26(30-33)27(34)32-15-3-14-31(16-17-32)19-21-8-6-20(18-29)7-9-21/h6-13H,1-5,14-17,19H2. The van der Waals surface area contributed by atoms with Gasteiger partial charge in [0.05, 0.1) is 17.3 Å². The first-order chi connectivity index (χ1) is 16.6. The molecule has 1 aliphatic heterocycles. The van der Waals surface area contributed by atoms with Gasteiger partial charge >= 0.3 is 0 Å². The minimum absolute atomic E-state index is 0.000709. The average Bonchev–Trinajstić information content (AvgIpc) is 3.10. The zero-order chi connectivity index (χ0) is 23.5. The van der Waals surface area contributed by atoms with E-state index in [4.69, 9.17) is 10.4 Å². The average molecular weight is 458 g/mol. The highest BCUT2D eigenvalue weighted by Crippen LogP contribution is 2.28. The Kier molecular flexibility index (Phi) is 6.41. The topological polar surface area (TPSA) is 65.2 Å². The largest absolute Gasteiger partial charge is 0.336 e. The van der Waals surface area contributed by atoms with Crippen LogP contribution in [0, 0.1) is 17.1 Å². The minimum Gasteiger partial charge on any atom is -0.336 e. The van der Waals surface area contributed by atoms with Crippen molar-refractivity contribution >= 4 is 5.91 Å². The number of aromatic nitrogens is 2. The van der Waals surface area contributed by atoms with Crippen LogP contribution in [0.1, 0.15) is 52.1 Å². The molecule has 1 aromatic heterocycles. The summed E-state index contributed by atoms with van der Waals surface area (Å²) in [5, 5.41) is 13.8. The van der Waals surface area contributed by atoms with Crippen molar-refractivity contribution in [1.82, 2.24) is 19.6 Å². The van der Waals surface area contributed by atoms with Crippen LogP contribution in [0.3, 0.4) is 0 Å². The van der Waals surface area contributed by atoms with Crippen LogP contribution < -0.4 is 0 Å². The van der Waals surface area contributed by atoms with Crippen LogP contribution >= 0.6 is 0 Å². The molecule has 2 aliphatic rings. The molecule has 1 saturated heterocycles. The summed E-state index contributed by atoms with van der Waals surface area (Å²) in [5.74, 6) is -0.282. The van der Waals surface area contributed by atoms with Gasteiger partial charge in [0.25, 0.3) is 5.91 Å². The van der Waals surface area contributed by atoms with E-state index in [0.717, 1.165) is 68.7 Å². The molecule has 5 rings (SSSR count). The molecule has 0 N–H and O–H groups in total. The summed E-state index contributed by atoms with van der Waals surface area (Å²) >= 11 is 0. The molecule has 34 heavy (non-hydrogen) atoms. The predicted octanol–water partition coefficient (Wildman–Crippen LogP) is 4.11. The van der Waals surface area contributed by atoms with Crippen molar-refractivity contribution in [2.75, 3.05) is 26.2 Å². The highest BCUT2D eigenvalue weighted by molar-refractivity contribution is 5.94. The second kappa shape index (κ2) is 9.78. The summed E-state index contributed by atoms with van der Waals surface area (Å²) in [6.07, 6.45) is 4.77. The van der Waals surface area contributed by atoms with Gasteiger partial charge in [0, 0.05) is 44.0 Å². The van der Waals surface area contributed by atoms with Crippen LogP contribution in [-0.2, 0) is 19.4 Å². The van der Waals surface area contributed by atoms with E-state index < -0.39 is 0 Å². The van der Waals surface area contributed by atoms with Gasteiger partial charge in [0.2, 0.25) is 0 Å². The van der Waals surface area contributed by atoms with Crippen LogP contribution in [-0.4, -0.2) is 51.7 Å². The second-order valence-corrected chi connectivity index (χ2v) is 9.10. The number of hydrogen-bond donors (Lipinski definition) is 0. The lowest BCUT2D eigenvalue weighted by Crippen LogP contribution is -2.35. The van der Waals surface area contributed by atoms with E-state index in [-0.39, 0.29) is 11.7 Å². The van der Waals surface area contributed by atoms with Crippen LogP contribution in [0.5, 0.6) is 0 Å². The van der Waals surface area contributed by atoms with Crippen molar-refractivity contribution in [2.45, 2.75) is 38.6 Å². The number of halogens is 1. The van der Waals surface area contributed by atoms with Crippen molar-refractivity contribution in [3.8, 4) is 11.8 Å². The molecule has 174 valence electrons. The molecule has 2 heterocycles. The molecule has 1 amide bonds. The van der Waals surface area contributed by atoms with Gasteiger partial charge in [-0.25, -0.2) is 9.07 Å². The Morgan fingerprint density at radius 1 is 0.941 bits per heavy atom. The fraction of sp³-hybridized carbons (Fsp3) is 0.370. The maximum Gasteiger partial charge on any atom is 0.274 e. The number of amides is 1. The summed E-state index contributed by atoms with van der Waals surface area (Å²) in [7, 11) is 0. The van der Waals surface area contributed by atoms with Crippen molar-refractivity contribution in [3.63, 3.8) is 0 Å². The first kappa shape index (κ1) is 22.3. The molecule has 1 aliphatic carbocycles. The number of fused-ring (bicyclic) bond motifs is 1. The fourth-order valence-corrected chi connectivity index (χ4v) is 4.99. The van der Waals surface area contributed by atoms with E-state index in [9.17, 15) is 9.18 Å². The maximum absolute atomic E-state index is 13.6. The smallest absolute Gasteiger partial charge is 0.274 e. The zero-order valence-corrected chi connectivity index (χ0v) is 19.2. The first-order valence-electron chi connectivity index (χ1n) is 12.0. The van der Waals surface area contributed by atoms with Crippen molar-refractivity contribution < 1.29 is 9.18 Å². The molecule has 6 nitrogen and oxygen atoms in total. The SMILES string of the molecule is N#Cc1ccc(CN2CCCN(C(=O)c3nn(-c4ccc(F)cc4)c4c3CCCC4)CC2)cc1. The Hall–Kier alpha value is -3.50. The monoisotopic (exact) mass is 457 g/mol. The highest BCUT2D eigenvalue weighted by Gasteiger charge is 2.29. The van der Waals surface area contributed by atoms with Gasteiger partial charge in [0.1, 0.15) is 5.82 Å². The molecule has 1 fully saturated rings. The third-order valence-electron chi connectivity index (χ3n) is 6.82. The number of nitriles is 1. The van der Waals surface area contributed by atoms with Crippen LogP contribution in [0.15, 0.2) is 48.5 Å². The van der Waals surface area contributed by atoms with Crippen molar-refractivity contribution in [1.29, 1.82) is 5.26 Å². The molecular formula is C27H28FN5O. The lowest BCUT2D eigenvalue weighted by molar-refractivity contribution is 0.0753. The van der Waals surface area contributed by atoms with Crippen molar-refractivity contribution in [3.05, 3.63) is 82.4 Å². The lowest BCUT2D eigenvalue weighted by atomic mass is 9.95. The third-order valence-corrected chi connectivity index (χ3v) is 6.82. The normalized spacial score (nSPS) is 16.5. The predicted molar refractivity (Wildman–Crippen MR) is 127 cm³/mol. The third kappa shape index (κ3) is 4.59. The minimum atomic E-state index is -0.281. The molecule has 0 saturated carbocycles. The molecule has 0 atom stereocenters. The molecule has 3 aromatic rings. The maximum atomic E-state index is 13.6. The van der Waals surface area contributed by atoms with Gasteiger partial charge < -0.3 is 4.90 Å². The Morgan fingerprint density at radius 2 is 1.71 bits per heavy atom. The van der Waals surface area contributed by atoms with Gasteiger partial charge in [-0.05, 0) is 74.1 Å². The summed E-state index contributed by atoms with van der Waals surface area (Å²) < 4.78 is 15.3. The molecule has 0 spiro atoms. The van der Waals surface area contributed by atoms with E-state index in [2.05, 4.69) is 11.0 Å². The van der Waals surface area contributed by atoms with Gasteiger partial charge in [0.15, 0.2) is 5.69 Å². The number of hydrogen-bond acceptors (Lipinski definition) is 4. The van der Waals surface area contributed by atoms with E-state index in [1.807, 2.05) is 33.8 Å². The second-order valence-electron chi connectivity index (χ2n) is 9.10. The summed E-state index contributed by atoms with van der Waals surface area (Å²) in [6, 6.07) is 16.2. The first-order valence-corrected chi connectivity index (χ1v) is 12.0. The van der Waals surface area contributed by atoms with Gasteiger partial charge in [-0.15, -0.1) is 0 Å². The van der Waals surface area contributed by atoms with Crippen LogP contribution in [0.2, 0.25) is 0 Å². The number of nitrogens with zero attached hydrogens (tertiary/aromatic N) is 5. The van der Waals surface area contributed by atoms with Crippen LogP contribution in [0.25, 0.3) is 5.69 Å². The van der Waals surface area contributed by atoms with E-state index in [1.165, 1.54) is 17.7 Å². The molecule has 7 heteroatoms. The Labute approximate surface area is 199 Å². The number of carbonyl (C=O) groups excluding carboxylic acids is 1. The molecule has 0 unspecified atom stereocenters. The number of benzene rings is 2. The molecule has 0 radical (unpaired) electrons. The van der Waals surface area contributed by atoms with E-state index in [0.29, 0.717) is 24.3 Å². The van der Waals surface area contributed by atoms with Gasteiger partial charge in [-0.2, -0.15) is 10.4 Å². The summed E-state index contributed by atoms with van der Waals surface area (Å²) in [4.78, 5) is 17.9. The van der Waals surface area contributed by atoms with Gasteiger partial charge in [-0.3, -0.25) is 9.69 Å².